The fourth-order valence-electron chi connectivity index (χ4n) is 8.29. The van der Waals surface area contributed by atoms with Crippen LogP contribution in [0.4, 0.5) is 9.18 Å². The molecule has 1 amide bonds. The van der Waals surface area contributed by atoms with Gasteiger partial charge in [-0.05, 0) is 104 Å². The van der Waals surface area contributed by atoms with Gasteiger partial charge < -0.3 is 14.8 Å². The minimum atomic E-state index is -0.349. The van der Waals surface area contributed by atoms with Gasteiger partial charge in [0.25, 0.3) is 0 Å². The summed E-state index contributed by atoms with van der Waals surface area (Å²) in [4.78, 5) is 24.8. The van der Waals surface area contributed by atoms with Crippen molar-refractivity contribution >= 4 is 17.6 Å². The standard InChI is InChI=1S/C32H38FNO4/c1-4-37-32(36)34-23-10-13-24-21(15-23)16-27-30(18(3)38-31(27)35)26(24)12-9-19-8-11-25(29-17(2)28(19)29)20-6-5-7-22(33)14-20/h5-9,11-12,14,17-18,21,23-24,26-30H,4,10,13,15-16H2,1-3H3,(H,34,36)/b12-9+/t17?,18-,21+,23+,24-,26-,27-,28?,29?,30-/m1/s1. The molecule has 4 fully saturated rings. The lowest BCUT2D eigenvalue weighted by atomic mass is 9.57. The molecule has 38 heavy (non-hydrogen) atoms. The van der Waals surface area contributed by atoms with Gasteiger partial charge in [0, 0.05) is 12.0 Å². The summed E-state index contributed by atoms with van der Waals surface area (Å²) >= 11 is 0. The van der Waals surface area contributed by atoms with E-state index in [1.807, 2.05) is 19.9 Å². The number of carbonyl (C=O) groups is 2. The lowest BCUT2D eigenvalue weighted by Gasteiger charge is -2.47. The molecular formula is C32H38FNO4. The maximum atomic E-state index is 13.9. The van der Waals surface area contributed by atoms with Crippen LogP contribution in [0.1, 0.15) is 52.0 Å². The van der Waals surface area contributed by atoms with Crippen molar-refractivity contribution in [3.05, 3.63) is 65.5 Å². The number of hydrogen-bond acceptors (Lipinski definition) is 4. The van der Waals surface area contributed by atoms with Crippen molar-refractivity contribution in [2.24, 2.45) is 47.3 Å². The van der Waals surface area contributed by atoms with E-state index in [2.05, 4.69) is 36.5 Å². The molecular weight excluding hydrogens is 481 g/mol. The van der Waals surface area contributed by atoms with Crippen LogP contribution >= 0.6 is 0 Å². The largest absolute Gasteiger partial charge is 0.462 e. The van der Waals surface area contributed by atoms with Crippen molar-refractivity contribution in [3.8, 4) is 0 Å². The number of ether oxygens (including phenoxy) is 2. The van der Waals surface area contributed by atoms with Gasteiger partial charge in [-0.25, -0.2) is 9.18 Å². The molecule has 5 nitrogen and oxygen atoms in total. The number of carbonyl (C=O) groups excluding carboxylic acids is 2. The number of cyclic esters (lactones) is 1. The van der Waals surface area contributed by atoms with E-state index >= 15 is 0 Å². The molecule has 0 bridgehead atoms. The van der Waals surface area contributed by atoms with E-state index in [4.69, 9.17) is 9.47 Å². The zero-order valence-electron chi connectivity index (χ0n) is 22.4. The van der Waals surface area contributed by atoms with Gasteiger partial charge in [-0.1, -0.05) is 43.4 Å². The quantitative estimate of drug-likeness (QED) is 0.463. The Balaban J connectivity index is 1.24. The molecule has 4 aliphatic carbocycles. The van der Waals surface area contributed by atoms with Gasteiger partial charge in [0.2, 0.25) is 0 Å². The Morgan fingerprint density at radius 1 is 1.18 bits per heavy atom. The molecule has 1 aromatic carbocycles. The molecule has 3 unspecified atom stereocenters. The third kappa shape index (κ3) is 4.50. The monoisotopic (exact) mass is 519 g/mol. The van der Waals surface area contributed by atoms with Crippen LogP contribution in [0.25, 0.3) is 5.57 Å². The normalized spacial score (nSPS) is 39.3. The highest BCUT2D eigenvalue weighted by Crippen LogP contribution is 2.60. The highest BCUT2D eigenvalue weighted by atomic mass is 19.1. The van der Waals surface area contributed by atoms with Crippen molar-refractivity contribution in [1.82, 2.24) is 5.32 Å². The Morgan fingerprint density at radius 2 is 2.03 bits per heavy atom. The number of allylic oxidation sites excluding steroid dienone is 6. The summed E-state index contributed by atoms with van der Waals surface area (Å²) in [6.45, 7) is 6.50. The molecule has 5 aliphatic rings. The zero-order chi connectivity index (χ0) is 26.6. The van der Waals surface area contributed by atoms with E-state index in [9.17, 15) is 14.0 Å². The molecule has 1 aliphatic heterocycles. The second-order valence-corrected chi connectivity index (χ2v) is 12.0. The third-order valence-corrected chi connectivity index (χ3v) is 9.99. The number of esters is 1. The fraction of sp³-hybridized carbons (Fsp3) is 0.562. The molecule has 1 heterocycles. The third-order valence-electron chi connectivity index (χ3n) is 9.99. The van der Waals surface area contributed by atoms with Crippen LogP contribution in [-0.4, -0.2) is 30.8 Å². The SMILES string of the molecule is CCOC(=O)N[C@H]1CC[C@@H]2[C@@H](C1)C[C@H]1C(=O)O[C@H](C)[C@@H]1[C@@H]2/C=C/C1=CC=C(c2cccc(F)c2)C2C(C)C12. The first-order valence-electron chi connectivity index (χ1n) is 14.3. The number of amides is 1. The Bertz CT molecular complexity index is 1200. The van der Waals surface area contributed by atoms with Crippen LogP contribution in [0.2, 0.25) is 0 Å². The molecule has 10 atom stereocenters. The summed E-state index contributed by atoms with van der Waals surface area (Å²) in [6.07, 6.45) is 12.3. The minimum Gasteiger partial charge on any atom is -0.462 e. The molecule has 202 valence electrons. The van der Waals surface area contributed by atoms with Gasteiger partial charge >= 0.3 is 12.1 Å². The molecule has 0 radical (unpaired) electrons. The summed E-state index contributed by atoms with van der Waals surface area (Å²) in [5.41, 5.74) is 3.54. The van der Waals surface area contributed by atoms with Gasteiger partial charge in [-0.2, -0.15) is 0 Å². The zero-order valence-corrected chi connectivity index (χ0v) is 22.4. The summed E-state index contributed by atoms with van der Waals surface area (Å²) in [6, 6.07) is 7.00. The summed E-state index contributed by atoms with van der Waals surface area (Å²) in [5.74, 6) is 2.38. The number of benzene rings is 1. The predicted octanol–water partition coefficient (Wildman–Crippen LogP) is 6.32. The van der Waals surface area contributed by atoms with E-state index in [0.29, 0.717) is 36.2 Å². The molecule has 1 aromatic rings. The van der Waals surface area contributed by atoms with Crippen LogP contribution in [0, 0.1) is 53.2 Å². The predicted molar refractivity (Wildman–Crippen MR) is 143 cm³/mol. The average Bonchev–Trinajstić information content (AvgIpc) is 3.48. The highest BCUT2D eigenvalue weighted by Gasteiger charge is 2.55. The molecule has 0 aromatic heterocycles. The van der Waals surface area contributed by atoms with Crippen LogP contribution in [0.3, 0.4) is 0 Å². The summed E-state index contributed by atoms with van der Waals surface area (Å²) < 4.78 is 24.7. The van der Waals surface area contributed by atoms with Gasteiger partial charge in [0.15, 0.2) is 0 Å². The Kier molecular flexibility index (Phi) is 6.69. The first kappa shape index (κ1) is 25.4. The molecule has 0 spiro atoms. The van der Waals surface area contributed by atoms with E-state index in [0.717, 1.165) is 31.2 Å². The maximum absolute atomic E-state index is 13.9. The topological polar surface area (TPSA) is 64.6 Å². The minimum absolute atomic E-state index is 0.0599. The second-order valence-electron chi connectivity index (χ2n) is 12.0. The van der Waals surface area contributed by atoms with Gasteiger partial charge in [0.1, 0.15) is 11.9 Å². The highest BCUT2D eigenvalue weighted by molar-refractivity contribution is 5.76. The number of rotatable bonds is 5. The number of alkyl carbamates (subject to hydrolysis) is 1. The Morgan fingerprint density at radius 3 is 2.82 bits per heavy atom. The number of nitrogens with one attached hydrogen (secondary N) is 1. The van der Waals surface area contributed by atoms with E-state index < -0.39 is 0 Å². The second kappa shape index (κ2) is 10.0. The molecule has 6 rings (SSSR count). The Hall–Kier alpha value is -2.89. The van der Waals surface area contributed by atoms with E-state index in [-0.39, 0.29) is 47.8 Å². The number of halogens is 1. The van der Waals surface area contributed by atoms with Crippen molar-refractivity contribution in [2.45, 2.75) is 58.6 Å². The lowest BCUT2D eigenvalue weighted by Crippen LogP contribution is -2.48. The van der Waals surface area contributed by atoms with Crippen molar-refractivity contribution < 1.29 is 23.5 Å². The summed E-state index contributed by atoms with van der Waals surface area (Å²) in [7, 11) is 0. The summed E-state index contributed by atoms with van der Waals surface area (Å²) in [5, 5.41) is 3.03. The van der Waals surface area contributed by atoms with Crippen molar-refractivity contribution in [3.63, 3.8) is 0 Å². The maximum Gasteiger partial charge on any atom is 0.407 e. The van der Waals surface area contributed by atoms with Crippen molar-refractivity contribution in [1.29, 1.82) is 0 Å². The van der Waals surface area contributed by atoms with Crippen LogP contribution in [-0.2, 0) is 14.3 Å². The van der Waals surface area contributed by atoms with Crippen LogP contribution in [0.15, 0.2) is 54.1 Å². The van der Waals surface area contributed by atoms with Crippen LogP contribution in [0.5, 0.6) is 0 Å². The fourth-order valence-corrected chi connectivity index (χ4v) is 8.29. The smallest absolute Gasteiger partial charge is 0.407 e. The first-order chi connectivity index (χ1) is 18.4. The number of hydrogen-bond donors (Lipinski definition) is 1. The van der Waals surface area contributed by atoms with Gasteiger partial charge in [-0.3, -0.25) is 4.79 Å². The first-order valence-corrected chi connectivity index (χ1v) is 14.3. The lowest BCUT2D eigenvalue weighted by molar-refractivity contribution is -0.144. The molecule has 1 N–H and O–H groups in total. The van der Waals surface area contributed by atoms with Gasteiger partial charge in [0.05, 0.1) is 12.5 Å². The molecule has 1 saturated heterocycles. The van der Waals surface area contributed by atoms with E-state index in [1.165, 1.54) is 17.2 Å². The number of fused-ring (bicyclic) bond motifs is 3. The molecule has 6 heteroatoms. The van der Waals surface area contributed by atoms with E-state index in [1.54, 1.807) is 12.1 Å². The Labute approximate surface area is 224 Å². The van der Waals surface area contributed by atoms with Gasteiger partial charge in [-0.15, -0.1) is 0 Å². The average molecular weight is 520 g/mol. The molecule has 3 saturated carbocycles. The van der Waals surface area contributed by atoms with Crippen molar-refractivity contribution in [2.75, 3.05) is 6.61 Å². The van der Waals surface area contributed by atoms with Crippen LogP contribution < -0.4 is 5.32 Å².